The van der Waals surface area contributed by atoms with Gasteiger partial charge in [-0.15, -0.1) is 0 Å². The van der Waals surface area contributed by atoms with Gasteiger partial charge in [0.25, 0.3) is 0 Å². The van der Waals surface area contributed by atoms with Gasteiger partial charge in [-0.2, -0.15) is 0 Å². The third-order valence-electron chi connectivity index (χ3n) is 3.49. The maximum atomic E-state index is 11.8. The molecule has 4 heteroatoms. The highest BCUT2D eigenvalue weighted by atomic mass is 16.3. The summed E-state index contributed by atoms with van der Waals surface area (Å²) in [5.74, 6) is 0.248. The van der Waals surface area contributed by atoms with Crippen LogP contribution in [0.4, 0.5) is 0 Å². The maximum absolute atomic E-state index is 11.8. The van der Waals surface area contributed by atoms with Gasteiger partial charge >= 0.3 is 0 Å². The molecule has 1 atom stereocenters. The first-order chi connectivity index (χ1) is 11.0. The molecule has 2 aromatic rings. The van der Waals surface area contributed by atoms with Crippen LogP contribution in [0.3, 0.4) is 0 Å². The van der Waals surface area contributed by atoms with Crippen molar-refractivity contribution in [3.63, 3.8) is 0 Å². The fourth-order valence-electron chi connectivity index (χ4n) is 2.17. The molecular weight excluding hydrogens is 292 g/mol. The molecule has 0 saturated heterocycles. The summed E-state index contributed by atoms with van der Waals surface area (Å²) in [5.41, 5.74) is 1.82. The molecule has 23 heavy (non-hydrogen) atoms. The summed E-state index contributed by atoms with van der Waals surface area (Å²) in [7, 11) is 0. The molecule has 120 valence electrons. The van der Waals surface area contributed by atoms with Crippen molar-refractivity contribution in [3.05, 3.63) is 65.7 Å². The van der Waals surface area contributed by atoms with E-state index < -0.39 is 6.10 Å². The number of ketones is 1. The van der Waals surface area contributed by atoms with Crippen molar-refractivity contribution in [2.45, 2.75) is 25.4 Å². The molecule has 0 aliphatic rings. The zero-order valence-corrected chi connectivity index (χ0v) is 12.7. The number of carbonyl (C=O) groups is 1. The highest BCUT2D eigenvalue weighted by Gasteiger charge is 2.09. The van der Waals surface area contributed by atoms with E-state index in [4.69, 9.17) is 0 Å². The third kappa shape index (κ3) is 5.96. The van der Waals surface area contributed by atoms with E-state index in [1.165, 1.54) is 6.08 Å². The second kappa shape index (κ2) is 8.15. The summed E-state index contributed by atoms with van der Waals surface area (Å²) in [4.78, 5) is 11.8. The average molecular weight is 312 g/mol. The Labute approximate surface area is 135 Å². The Kier molecular flexibility index (Phi) is 5.94. The third-order valence-corrected chi connectivity index (χ3v) is 3.49. The topological polar surface area (TPSA) is 77.8 Å². The molecule has 0 amide bonds. The van der Waals surface area contributed by atoms with Gasteiger partial charge in [-0.05, 0) is 54.3 Å². The molecule has 0 radical (unpaired) electrons. The van der Waals surface area contributed by atoms with Gasteiger partial charge in [-0.3, -0.25) is 4.79 Å². The quantitative estimate of drug-likeness (QED) is 0.687. The van der Waals surface area contributed by atoms with Crippen molar-refractivity contribution in [1.82, 2.24) is 0 Å². The molecule has 3 N–H and O–H groups in total. The highest BCUT2D eigenvalue weighted by Crippen LogP contribution is 2.14. The number of aliphatic hydroxyl groups is 1. The number of carbonyl (C=O) groups excluding carboxylic acids is 1. The fourth-order valence-corrected chi connectivity index (χ4v) is 2.17. The Morgan fingerprint density at radius 3 is 2.13 bits per heavy atom. The van der Waals surface area contributed by atoms with E-state index >= 15 is 0 Å². The zero-order chi connectivity index (χ0) is 16.7. The molecule has 0 heterocycles. The Morgan fingerprint density at radius 2 is 1.52 bits per heavy atom. The molecule has 0 aliphatic carbocycles. The molecule has 0 aromatic heterocycles. The SMILES string of the molecule is O=C(C=Cc1ccc(O)cc1)CC(O)CCc1ccc(O)cc1. The Morgan fingerprint density at radius 1 is 0.957 bits per heavy atom. The minimum absolute atomic E-state index is 0.0761. The van der Waals surface area contributed by atoms with Gasteiger partial charge in [0.2, 0.25) is 0 Å². The van der Waals surface area contributed by atoms with E-state index in [9.17, 15) is 20.1 Å². The van der Waals surface area contributed by atoms with Gasteiger partial charge < -0.3 is 15.3 Å². The molecule has 0 aliphatic heterocycles. The normalized spacial score (nSPS) is 12.4. The van der Waals surface area contributed by atoms with Crippen molar-refractivity contribution in [2.75, 3.05) is 0 Å². The van der Waals surface area contributed by atoms with Crippen LogP contribution in [0.2, 0.25) is 0 Å². The average Bonchev–Trinajstić information content (AvgIpc) is 2.54. The summed E-state index contributed by atoms with van der Waals surface area (Å²) in [6.45, 7) is 0. The van der Waals surface area contributed by atoms with Crippen LogP contribution in [0, 0.1) is 0 Å². The van der Waals surface area contributed by atoms with E-state index in [1.807, 2.05) is 0 Å². The van der Waals surface area contributed by atoms with E-state index in [-0.39, 0.29) is 23.7 Å². The lowest BCUT2D eigenvalue weighted by atomic mass is 10.0. The first-order valence-corrected chi connectivity index (χ1v) is 7.49. The monoisotopic (exact) mass is 312 g/mol. The largest absolute Gasteiger partial charge is 0.508 e. The number of rotatable bonds is 7. The summed E-state index contributed by atoms with van der Waals surface area (Å²) in [6.07, 6.45) is 3.62. The Bertz CT molecular complexity index is 657. The zero-order valence-electron chi connectivity index (χ0n) is 12.7. The number of aryl methyl sites for hydroxylation is 1. The molecule has 2 rings (SSSR count). The van der Waals surface area contributed by atoms with Gasteiger partial charge in [0, 0.05) is 6.42 Å². The number of aromatic hydroxyl groups is 2. The van der Waals surface area contributed by atoms with Crippen LogP contribution in [0.5, 0.6) is 11.5 Å². The Hall–Kier alpha value is -2.59. The number of allylic oxidation sites excluding steroid dienone is 1. The van der Waals surface area contributed by atoms with Crippen LogP contribution >= 0.6 is 0 Å². The van der Waals surface area contributed by atoms with Crippen molar-refractivity contribution < 1.29 is 20.1 Å². The number of aliphatic hydroxyl groups excluding tert-OH is 1. The highest BCUT2D eigenvalue weighted by molar-refractivity contribution is 5.93. The predicted octanol–water partition coefficient (Wildman–Crippen LogP) is 3.06. The summed E-state index contributed by atoms with van der Waals surface area (Å²) < 4.78 is 0. The van der Waals surface area contributed by atoms with E-state index in [1.54, 1.807) is 54.6 Å². The first kappa shape index (κ1) is 16.8. The molecule has 4 nitrogen and oxygen atoms in total. The molecular formula is C19H20O4. The number of phenols is 2. The summed E-state index contributed by atoms with van der Waals surface area (Å²) >= 11 is 0. The van der Waals surface area contributed by atoms with Crippen LogP contribution in [0.15, 0.2) is 54.6 Å². The van der Waals surface area contributed by atoms with Gasteiger partial charge in [-0.25, -0.2) is 0 Å². The second-order valence-corrected chi connectivity index (χ2v) is 5.45. The number of benzene rings is 2. The van der Waals surface area contributed by atoms with E-state index in [0.29, 0.717) is 12.8 Å². The van der Waals surface area contributed by atoms with Crippen LogP contribution in [0.25, 0.3) is 6.08 Å². The lowest BCUT2D eigenvalue weighted by molar-refractivity contribution is -0.116. The molecule has 0 saturated carbocycles. The lowest BCUT2D eigenvalue weighted by Crippen LogP contribution is -2.12. The van der Waals surface area contributed by atoms with Gasteiger partial charge in [0.1, 0.15) is 11.5 Å². The van der Waals surface area contributed by atoms with Crippen molar-refractivity contribution in [1.29, 1.82) is 0 Å². The summed E-state index contributed by atoms with van der Waals surface area (Å²) in [5, 5.41) is 28.3. The molecule has 0 spiro atoms. The summed E-state index contributed by atoms with van der Waals surface area (Å²) in [6, 6.07) is 13.3. The van der Waals surface area contributed by atoms with Crippen molar-refractivity contribution >= 4 is 11.9 Å². The minimum Gasteiger partial charge on any atom is -0.508 e. The van der Waals surface area contributed by atoms with E-state index in [2.05, 4.69) is 0 Å². The van der Waals surface area contributed by atoms with E-state index in [0.717, 1.165) is 11.1 Å². The van der Waals surface area contributed by atoms with Crippen LogP contribution in [-0.4, -0.2) is 27.2 Å². The van der Waals surface area contributed by atoms with Crippen LogP contribution < -0.4 is 0 Å². The van der Waals surface area contributed by atoms with Crippen molar-refractivity contribution in [3.8, 4) is 11.5 Å². The van der Waals surface area contributed by atoms with Crippen LogP contribution in [-0.2, 0) is 11.2 Å². The number of phenolic OH excluding ortho intramolecular Hbond substituents is 2. The molecule has 2 aromatic carbocycles. The van der Waals surface area contributed by atoms with Gasteiger partial charge in [0.05, 0.1) is 6.10 Å². The van der Waals surface area contributed by atoms with Crippen molar-refractivity contribution in [2.24, 2.45) is 0 Å². The maximum Gasteiger partial charge on any atom is 0.158 e. The molecule has 0 bridgehead atoms. The second-order valence-electron chi connectivity index (χ2n) is 5.45. The fraction of sp³-hybridized carbons (Fsp3) is 0.211. The number of hydrogen-bond donors (Lipinski definition) is 3. The lowest BCUT2D eigenvalue weighted by Gasteiger charge is -2.08. The smallest absolute Gasteiger partial charge is 0.158 e. The predicted molar refractivity (Wildman–Crippen MR) is 89.2 cm³/mol. The first-order valence-electron chi connectivity index (χ1n) is 7.49. The van der Waals surface area contributed by atoms with Gasteiger partial charge in [-0.1, -0.05) is 30.3 Å². The Balaban J connectivity index is 1.77. The number of hydrogen-bond acceptors (Lipinski definition) is 4. The molecule has 1 unspecified atom stereocenters. The minimum atomic E-state index is -0.694. The molecule has 0 fully saturated rings. The van der Waals surface area contributed by atoms with Crippen LogP contribution in [0.1, 0.15) is 24.0 Å². The standard InChI is InChI=1S/C19H20O4/c20-16-7-1-14(2-8-16)5-11-18(22)13-19(23)12-6-15-3-9-17(21)10-4-15/h1-5,7-11,19-21,23H,6,12-13H2. The van der Waals surface area contributed by atoms with Gasteiger partial charge in [0.15, 0.2) is 5.78 Å².